The Hall–Kier alpha value is -0.670. The third-order valence-electron chi connectivity index (χ3n) is 3.96. The number of hydrogen-bond acceptors (Lipinski definition) is 3. The molecule has 106 valence electrons. The predicted octanol–water partition coefficient (Wildman–Crippen LogP) is 3.50. The molecule has 1 fully saturated rings. The second kappa shape index (κ2) is 7.20. The summed E-state index contributed by atoms with van der Waals surface area (Å²) in [7, 11) is 1.75. The fourth-order valence-electron chi connectivity index (χ4n) is 2.97. The van der Waals surface area contributed by atoms with E-state index < -0.39 is 0 Å². The van der Waals surface area contributed by atoms with E-state index in [0.29, 0.717) is 12.1 Å². The van der Waals surface area contributed by atoms with Gasteiger partial charge in [-0.2, -0.15) is 11.8 Å². The van der Waals surface area contributed by atoms with Gasteiger partial charge in [0.15, 0.2) is 0 Å². The highest BCUT2D eigenvalue weighted by Crippen LogP contribution is 2.28. The number of nitrogens with one attached hydrogen (secondary N) is 1. The molecule has 1 aliphatic carbocycles. The molecule has 1 N–H and O–H groups in total. The van der Waals surface area contributed by atoms with Crippen molar-refractivity contribution in [1.82, 2.24) is 5.32 Å². The SMILES string of the molecule is COc1ccccc1CC(C)NC1CCC(SC)C1. The molecule has 2 rings (SSSR count). The van der Waals surface area contributed by atoms with E-state index in [1.165, 1.54) is 24.8 Å². The molecule has 3 heteroatoms. The summed E-state index contributed by atoms with van der Waals surface area (Å²) in [5, 5.41) is 4.63. The maximum absolute atomic E-state index is 5.42. The van der Waals surface area contributed by atoms with Crippen molar-refractivity contribution in [3.05, 3.63) is 29.8 Å². The fraction of sp³-hybridized carbons (Fsp3) is 0.625. The van der Waals surface area contributed by atoms with Gasteiger partial charge in [0.25, 0.3) is 0 Å². The Morgan fingerprint density at radius 3 is 2.84 bits per heavy atom. The minimum absolute atomic E-state index is 0.502. The zero-order chi connectivity index (χ0) is 13.7. The van der Waals surface area contributed by atoms with E-state index >= 15 is 0 Å². The van der Waals surface area contributed by atoms with Crippen molar-refractivity contribution in [2.24, 2.45) is 0 Å². The van der Waals surface area contributed by atoms with Gasteiger partial charge in [0.2, 0.25) is 0 Å². The molecule has 1 saturated carbocycles. The van der Waals surface area contributed by atoms with Crippen LogP contribution >= 0.6 is 11.8 Å². The van der Waals surface area contributed by atoms with Crippen LogP contribution in [0.15, 0.2) is 24.3 Å². The monoisotopic (exact) mass is 279 g/mol. The molecule has 2 nitrogen and oxygen atoms in total. The molecule has 0 saturated heterocycles. The van der Waals surface area contributed by atoms with Crippen LogP contribution in [0.4, 0.5) is 0 Å². The smallest absolute Gasteiger partial charge is 0.122 e. The lowest BCUT2D eigenvalue weighted by atomic mass is 10.0. The van der Waals surface area contributed by atoms with Crippen molar-refractivity contribution >= 4 is 11.8 Å². The largest absolute Gasteiger partial charge is 0.496 e. The highest BCUT2D eigenvalue weighted by Gasteiger charge is 2.24. The van der Waals surface area contributed by atoms with Crippen LogP contribution in [-0.2, 0) is 6.42 Å². The summed E-state index contributed by atoms with van der Waals surface area (Å²) in [6.07, 6.45) is 7.26. The van der Waals surface area contributed by atoms with E-state index in [-0.39, 0.29) is 0 Å². The lowest BCUT2D eigenvalue weighted by Gasteiger charge is -2.20. The van der Waals surface area contributed by atoms with Gasteiger partial charge in [-0.3, -0.25) is 0 Å². The average molecular weight is 279 g/mol. The Labute approximate surface area is 121 Å². The Kier molecular flexibility index (Phi) is 5.59. The van der Waals surface area contributed by atoms with Gasteiger partial charge in [-0.05, 0) is 50.5 Å². The first-order chi connectivity index (χ1) is 9.22. The van der Waals surface area contributed by atoms with E-state index in [2.05, 4.69) is 30.6 Å². The number of para-hydroxylation sites is 1. The molecule has 0 radical (unpaired) electrons. The molecular formula is C16H25NOS. The quantitative estimate of drug-likeness (QED) is 0.861. The van der Waals surface area contributed by atoms with Gasteiger partial charge in [0.1, 0.15) is 5.75 Å². The summed E-state index contributed by atoms with van der Waals surface area (Å²) in [6.45, 7) is 2.28. The molecule has 1 aliphatic rings. The van der Waals surface area contributed by atoms with Gasteiger partial charge in [0, 0.05) is 17.3 Å². The van der Waals surface area contributed by atoms with E-state index in [9.17, 15) is 0 Å². The van der Waals surface area contributed by atoms with Crippen LogP contribution in [0.2, 0.25) is 0 Å². The summed E-state index contributed by atoms with van der Waals surface area (Å²) in [5.41, 5.74) is 1.30. The highest BCUT2D eigenvalue weighted by atomic mass is 32.2. The molecular weight excluding hydrogens is 254 g/mol. The molecule has 0 aromatic heterocycles. The summed E-state index contributed by atoms with van der Waals surface area (Å²) in [6, 6.07) is 9.52. The molecule has 1 aromatic rings. The molecule has 0 spiro atoms. The van der Waals surface area contributed by atoms with Gasteiger partial charge in [-0.25, -0.2) is 0 Å². The summed E-state index contributed by atoms with van der Waals surface area (Å²) in [5.74, 6) is 1.00. The van der Waals surface area contributed by atoms with Crippen molar-refractivity contribution in [3.63, 3.8) is 0 Å². The molecule has 1 aromatic carbocycles. The van der Waals surface area contributed by atoms with Crippen molar-refractivity contribution < 1.29 is 4.74 Å². The maximum atomic E-state index is 5.42. The lowest BCUT2D eigenvalue weighted by molar-refractivity contribution is 0.400. The second-order valence-electron chi connectivity index (χ2n) is 5.45. The van der Waals surface area contributed by atoms with Crippen molar-refractivity contribution in [1.29, 1.82) is 0 Å². The Balaban J connectivity index is 1.85. The standard InChI is InChI=1S/C16H25NOS/c1-12(17-14-8-9-15(11-14)19-3)10-13-6-4-5-7-16(13)18-2/h4-7,12,14-15,17H,8-11H2,1-3H3. The fourth-order valence-corrected chi connectivity index (χ4v) is 3.76. The summed E-state index contributed by atoms with van der Waals surface area (Å²) < 4.78 is 5.42. The Morgan fingerprint density at radius 1 is 1.37 bits per heavy atom. The Morgan fingerprint density at radius 2 is 2.16 bits per heavy atom. The highest BCUT2D eigenvalue weighted by molar-refractivity contribution is 7.99. The van der Waals surface area contributed by atoms with Crippen molar-refractivity contribution in [3.8, 4) is 5.75 Å². The molecule has 3 unspecified atom stereocenters. The molecule has 0 amide bonds. The van der Waals surface area contributed by atoms with Gasteiger partial charge in [-0.1, -0.05) is 18.2 Å². The van der Waals surface area contributed by atoms with E-state index in [1.807, 2.05) is 23.9 Å². The number of methoxy groups -OCH3 is 1. The van der Waals surface area contributed by atoms with Gasteiger partial charge >= 0.3 is 0 Å². The number of benzene rings is 1. The first kappa shape index (κ1) is 14.7. The van der Waals surface area contributed by atoms with Crippen molar-refractivity contribution in [2.45, 2.75) is 49.9 Å². The predicted molar refractivity (Wildman–Crippen MR) is 84.2 cm³/mol. The lowest BCUT2D eigenvalue weighted by Crippen LogP contribution is -2.36. The average Bonchev–Trinajstić information content (AvgIpc) is 2.87. The van der Waals surface area contributed by atoms with Gasteiger partial charge in [-0.15, -0.1) is 0 Å². The van der Waals surface area contributed by atoms with Crippen LogP contribution in [0.1, 0.15) is 31.7 Å². The normalized spacial score (nSPS) is 24.4. The minimum Gasteiger partial charge on any atom is -0.496 e. The number of ether oxygens (including phenoxy) is 1. The third-order valence-corrected chi connectivity index (χ3v) is 5.05. The van der Waals surface area contributed by atoms with E-state index in [0.717, 1.165) is 17.4 Å². The molecule has 3 atom stereocenters. The summed E-state index contributed by atoms with van der Waals surface area (Å²) in [4.78, 5) is 0. The topological polar surface area (TPSA) is 21.3 Å². The number of hydrogen-bond donors (Lipinski definition) is 1. The zero-order valence-electron chi connectivity index (χ0n) is 12.2. The molecule has 0 aliphatic heterocycles. The van der Waals surface area contributed by atoms with Crippen molar-refractivity contribution in [2.75, 3.05) is 13.4 Å². The van der Waals surface area contributed by atoms with Crippen LogP contribution in [0, 0.1) is 0 Å². The third kappa shape index (κ3) is 4.15. The first-order valence-electron chi connectivity index (χ1n) is 7.13. The first-order valence-corrected chi connectivity index (χ1v) is 8.42. The second-order valence-corrected chi connectivity index (χ2v) is 6.59. The number of thioether (sulfide) groups is 1. The van der Waals surface area contributed by atoms with Crippen LogP contribution in [0.25, 0.3) is 0 Å². The minimum atomic E-state index is 0.502. The van der Waals surface area contributed by atoms with Gasteiger partial charge < -0.3 is 10.1 Å². The van der Waals surface area contributed by atoms with Crippen LogP contribution in [-0.4, -0.2) is 30.7 Å². The molecule has 19 heavy (non-hydrogen) atoms. The van der Waals surface area contributed by atoms with Crippen LogP contribution in [0.3, 0.4) is 0 Å². The van der Waals surface area contributed by atoms with E-state index in [4.69, 9.17) is 4.74 Å². The molecule has 0 heterocycles. The van der Waals surface area contributed by atoms with Crippen LogP contribution in [0.5, 0.6) is 5.75 Å². The molecule has 0 bridgehead atoms. The maximum Gasteiger partial charge on any atom is 0.122 e. The van der Waals surface area contributed by atoms with Gasteiger partial charge in [0.05, 0.1) is 7.11 Å². The zero-order valence-corrected chi connectivity index (χ0v) is 13.0. The Bertz CT molecular complexity index is 396. The number of rotatable bonds is 6. The van der Waals surface area contributed by atoms with E-state index in [1.54, 1.807) is 7.11 Å². The summed E-state index contributed by atoms with van der Waals surface area (Å²) >= 11 is 2.01. The van der Waals surface area contributed by atoms with Crippen LogP contribution < -0.4 is 10.1 Å².